The Hall–Kier alpha value is -6.36. The summed E-state index contributed by atoms with van der Waals surface area (Å²) in [7, 11) is 0. The van der Waals surface area contributed by atoms with E-state index in [1.54, 1.807) is 0 Å². The van der Waals surface area contributed by atoms with E-state index in [2.05, 4.69) is 233 Å². The van der Waals surface area contributed by atoms with Crippen LogP contribution in [0.5, 0.6) is 0 Å². The molecule has 344 valence electrons. The number of benzene rings is 8. The number of fused-ring (bicyclic) bond motifs is 19. The Labute approximate surface area is 418 Å². The minimum Gasteiger partial charge on any atom is -0.376 e. The van der Waals surface area contributed by atoms with E-state index < -0.39 is 0 Å². The highest BCUT2D eigenvalue weighted by Crippen LogP contribution is 2.58. The number of hydrogen-bond acceptors (Lipinski definition) is 2. The third-order valence-electron chi connectivity index (χ3n) is 17.4. The molecule has 0 saturated heterocycles. The predicted octanol–water partition coefficient (Wildman–Crippen LogP) is 16.9. The van der Waals surface area contributed by atoms with Crippen molar-refractivity contribution in [2.75, 3.05) is 4.81 Å². The molecule has 0 spiro atoms. The Bertz CT molecular complexity index is 4000. The minimum absolute atomic E-state index is 0.0132. The van der Waals surface area contributed by atoms with Crippen molar-refractivity contribution in [1.82, 2.24) is 4.57 Å². The second kappa shape index (κ2) is 13.3. The summed E-state index contributed by atoms with van der Waals surface area (Å²) in [5.74, 6) is 0. The molecule has 2 aliphatic heterocycles. The monoisotopic (exact) mass is 924 g/mol. The lowest BCUT2D eigenvalue weighted by molar-refractivity contribution is 0.589. The highest BCUT2D eigenvalue weighted by atomic mass is 32.1. The summed E-state index contributed by atoms with van der Waals surface area (Å²) in [6.07, 6.45) is 0. The van der Waals surface area contributed by atoms with Crippen molar-refractivity contribution in [3.8, 4) is 39.1 Å². The van der Waals surface area contributed by atoms with E-state index in [1.807, 2.05) is 11.3 Å². The molecule has 2 nitrogen and oxygen atoms in total. The molecule has 4 aliphatic rings. The minimum atomic E-state index is -0.186. The molecule has 0 N–H and O–H groups in total. The van der Waals surface area contributed by atoms with Crippen LogP contribution in [0.1, 0.15) is 129 Å². The first-order valence-electron chi connectivity index (χ1n) is 25.6. The summed E-state index contributed by atoms with van der Waals surface area (Å²) in [5.41, 5.74) is 26.9. The van der Waals surface area contributed by atoms with Gasteiger partial charge < -0.3 is 9.38 Å². The Morgan fingerprint density at radius 1 is 0.471 bits per heavy atom. The number of thiophene rings is 1. The number of hydrogen-bond donors (Lipinski definition) is 0. The van der Waals surface area contributed by atoms with Crippen molar-refractivity contribution in [3.63, 3.8) is 0 Å². The molecule has 4 heteroatoms. The summed E-state index contributed by atoms with van der Waals surface area (Å²) in [5, 5.41) is 5.49. The van der Waals surface area contributed by atoms with Crippen LogP contribution in [0.25, 0.3) is 81.0 Å². The lowest BCUT2D eigenvalue weighted by atomic mass is 9.43. The molecule has 70 heavy (non-hydrogen) atoms. The van der Waals surface area contributed by atoms with Crippen molar-refractivity contribution in [3.05, 3.63) is 172 Å². The van der Waals surface area contributed by atoms with E-state index in [0.717, 1.165) is 0 Å². The molecule has 4 heterocycles. The van der Waals surface area contributed by atoms with Gasteiger partial charge in [-0.3, -0.25) is 0 Å². The van der Waals surface area contributed by atoms with E-state index in [0.29, 0.717) is 0 Å². The largest absolute Gasteiger partial charge is 0.376 e. The highest BCUT2D eigenvalue weighted by molar-refractivity contribution is 7.27. The van der Waals surface area contributed by atoms with Gasteiger partial charge in [0.2, 0.25) is 0 Å². The van der Waals surface area contributed by atoms with E-state index >= 15 is 0 Å². The Morgan fingerprint density at radius 3 is 1.80 bits per heavy atom. The van der Waals surface area contributed by atoms with Crippen LogP contribution in [-0.4, -0.2) is 11.4 Å². The zero-order valence-corrected chi connectivity index (χ0v) is 43.9. The van der Waals surface area contributed by atoms with Gasteiger partial charge in [0, 0.05) is 64.4 Å². The topological polar surface area (TPSA) is 8.17 Å². The van der Waals surface area contributed by atoms with E-state index in [4.69, 9.17) is 0 Å². The Kier molecular flexibility index (Phi) is 8.10. The molecular formula is C66H61BN2S. The molecule has 0 saturated carbocycles. The molecule has 10 aromatic rings. The van der Waals surface area contributed by atoms with Crippen molar-refractivity contribution >= 4 is 82.5 Å². The maximum Gasteiger partial charge on any atom is 0.333 e. The maximum atomic E-state index is 2.78. The van der Waals surface area contributed by atoms with Gasteiger partial charge in [0.15, 0.2) is 0 Å². The van der Waals surface area contributed by atoms with Gasteiger partial charge in [-0.2, -0.15) is 0 Å². The molecule has 0 unspecified atom stereocenters. The molecule has 0 amide bonds. The normalized spacial score (nSPS) is 16.0. The van der Waals surface area contributed by atoms with Crippen LogP contribution in [-0.2, 0) is 27.1 Å². The second-order valence-corrected chi connectivity index (χ2v) is 26.4. The van der Waals surface area contributed by atoms with Crippen LogP contribution in [0.3, 0.4) is 0 Å². The Balaban J connectivity index is 1.21. The summed E-state index contributed by atoms with van der Waals surface area (Å²) in [6.45, 7) is 30.8. The van der Waals surface area contributed by atoms with Crippen LogP contribution >= 0.6 is 11.3 Å². The van der Waals surface area contributed by atoms with Gasteiger partial charge in [0.25, 0.3) is 0 Å². The molecule has 0 atom stereocenters. The zero-order chi connectivity index (χ0) is 48.5. The molecule has 8 aromatic carbocycles. The molecule has 14 rings (SSSR count). The summed E-state index contributed by atoms with van der Waals surface area (Å²) in [4.78, 5) is 2.78. The van der Waals surface area contributed by atoms with Crippen LogP contribution in [0, 0.1) is 0 Å². The van der Waals surface area contributed by atoms with Crippen molar-refractivity contribution < 1.29 is 0 Å². The molecular weight excluding hydrogens is 864 g/mol. The van der Waals surface area contributed by atoms with Gasteiger partial charge in [0.05, 0.1) is 11.0 Å². The number of rotatable bonds is 1. The lowest BCUT2D eigenvalue weighted by Gasteiger charge is -2.43. The first-order valence-corrected chi connectivity index (χ1v) is 26.4. The average molecular weight is 925 g/mol. The molecule has 0 bridgehead atoms. The fourth-order valence-corrected chi connectivity index (χ4v) is 14.8. The zero-order valence-electron chi connectivity index (χ0n) is 43.1. The first kappa shape index (κ1) is 42.5. The SMILES string of the molecule is CC(C)(C)c1ccc(N2B3c4cc5c(cc4-n4c6ccc(C(C)(C)C)cc6c6c7sc8ccccc8c7c(c3c64)-c3cc4c(cc32)-c2cc(C(C)(C)C)ccc2C4(C)C)C(C)(C)c2ccccc2-5)cc1. The fraction of sp³-hybridized carbons (Fsp3) is 0.273. The number of nitrogens with zero attached hydrogens (tertiary/aromatic N) is 2. The lowest BCUT2D eigenvalue weighted by Crippen LogP contribution is -2.60. The van der Waals surface area contributed by atoms with Gasteiger partial charge in [-0.1, -0.05) is 175 Å². The van der Waals surface area contributed by atoms with Crippen LogP contribution < -0.4 is 15.7 Å². The van der Waals surface area contributed by atoms with Crippen LogP contribution in [0.4, 0.5) is 11.4 Å². The maximum absolute atomic E-state index is 2.78. The van der Waals surface area contributed by atoms with Crippen molar-refractivity contribution in [1.29, 1.82) is 0 Å². The average Bonchev–Trinajstić information content (AvgIpc) is 4.00. The van der Waals surface area contributed by atoms with Gasteiger partial charge in [0.1, 0.15) is 0 Å². The van der Waals surface area contributed by atoms with E-state index in [9.17, 15) is 0 Å². The number of aromatic nitrogens is 1. The second-order valence-electron chi connectivity index (χ2n) is 25.4. The summed E-state index contributed by atoms with van der Waals surface area (Å²) in [6, 6.07) is 53.4. The highest BCUT2D eigenvalue weighted by Gasteiger charge is 2.49. The van der Waals surface area contributed by atoms with E-state index in [-0.39, 0.29) is 33.9 Å². The van der Waals surface area contributed by atoms with Crippen LogP contribution in [0.15, 0.2) is 133 Å². The van der Waals surface area contributed by atoms with Gasteiger partial charge >= 0.3 is 6.85 Å². The molecule has 2 aliphatic carbocycles. The van der Waals surface area contributed by atoms with Crippen molar-refractivity contribution in [2.24, 2.45) is 0 Å². The summed E-state index contributed by atoms with van der Waals surface area (Å²) >= 11 is 1.99. The van der Waals surface area contributed by atoms with Crippen molar-refractivity contribution in [2.45, 2.75) is 117 Å². The quantitative estimate of drug-likeness (QED) is 0.149. The standard InChI is InChI=1S/C66H61BN2S/c1-62(2,3)36-22-26-39(27-23-36)69-53-34-44-42-30-37(63(4,5)6)24-28-48(42)66(12,13)49(44)32-46(53)56-57-41-19-15-17-21-55(41)70-61(57)58-45-31-38(64(7,8)9)25-29-52(45)68-54-35-50-43(33-51(54)67(69)59(56)60(58)68)40-18-14-16-20-47(40)65(50,10)11/h14-35H,1-13H3. The fourth-order valence-electron chi connectivity index (χ4n) is 13.6. The van der Waals surface area contributed by atoms with Gasteiger partial charge in [-0.05, 0) is 142 Å². The molecule has 0 radical (unpaired) electrons. The van der Waals surface area contributed by atoms with E-state index in [1.165, 1.54) is 142 Å². The molecule has 2 aromatic heterocycles. The third kappa shape index (κ3) is 5.36. The number of anilines is 2. The smallest absolute Gasteiger partial charge is 0.333 e. The Morgan fingerprint density at radius 2 is 1.07 bits per heavy atom. The molecule has 0 fully saturated rings. The third-order valence-corrected chi connectivity index (χ3v) is 18.6. The first-order chi connectivity index (χ1) is 33.1. The van der Waals surface area contributed by atoms with Crippen LogP contribution in [0.2, 0.25) is 0 Å². The van der Waals surface area contributed by atoms with Gasteiger partial charge in [-0.25, -0.2) is 0 Å². The van der Waals surface area contributed by atoms with Gasteiger partial charge in [-0.15, -0.1) is 11.3 Å². The summed E-state index contributed by atoms with van der Waals surface area (Å²) < 4.78 is 5.46. The predicted molar refractivity (Wildman–Crippen MR) is 304 cm³/mol.